The van der Waals surface area contributed by atoms with E-state index in [2.05, 4.69) is 67.4 Å². The predicted octanol–water partition coefficient (Wildman–Crippen LogP) is 4.09. The van der Waals surface area contributed by atoms with E-state index in [4.69, 9.17) is 4.74 Å². The Labute approximate surface area is 133 Å². The van der Waals surface area contributed by atoms with Crippen molar-refractivity contribution in [3.63, 3.8) is 0 Å². The molecule has 2 nitrogen and oxygen atoms in total. The molecule has 3 rings (SSSR count). The average Bonchev–Trinajstić information content (AvgIpc) is 2.94. The molecule has 0 fully saturated rings. The third-order valence-corrected chi connectivity index (χ3v) is 4.80. The van der Waals surface area contributed by atoms with Crippen LogP contribution >= 0.6 is 0 Å². The van der Waals surface area contributed by atoms with Gasteiger partial charge in [0.2, 0.25) is 0 Å². The molecule has 2 aromatic rings. The summed E-state index contributed by atoms with van der Waals surface area (Å²) in [6, 6.07) is 18.0. The van der Waals surface area contributed by atoms with Crippen LogP contribution in [-0.4, -0.2) is 31.6 Å². The number of ether oxygens (including phenoxy) is 1. The Bertz CT molecular complexity index is 623. The van der Waals surface area contributed by atoms with Gasteiger partial charge in [0.25, 0.3) is 0 Å². The van der Waals surface area contributed by atoms with E-state index < -0.39 is 0 Å². The van der Waals surface area contributed by atoms with E-state index in [-0.39, 0.29) is 0 Å². The molecular formula is C20H25NO. The van der Waals surface area contributed by atoms with Crippen LogP contribution in [0.2, 0.25) is 0 Å². The number of methoxy groups -OCH3 is 1. The van der Waals surface area contributed by atoms with Gasteiger partial charge < -0.3 is 9.64 Å². The van der Waals surface area contributed by atoms with Crippen molar-refractivity contribution in [1.82, 2.24) is 4.90 Å². The number of likely N-dealkylation sites (N-methyl/N-ethyl adjacent to an activating group) is 1. The fourth-order valence-corrected chi connectivity index (χ4v) is 3.72. The van der Waals surface area contributed by atoms with Crippen molar-refractivity contribution >= 4 is 0 Å². The Kier molecular flexibility index (Phi) is 4.49. The zero-order chi connectivity index (χ0) is 15.5. The van der Waals surface area contributed by atoms with Crippen LogP contribution in [0.15, 0.2) is 48.5 Å². The lowest BCUT2D eigenvalue weighted by atomic mass is 9.89. The van der Waals surface area contributed by atoms with Gasteiger partial charge in [-0.1, -0.05) is 43.3 Å². The molecule has 0 spiro atoms. The van der Waals surface area contributed by atoms with Gasteiger partial charge in [-0.2, -0.15) is 0 Å². The maximum atomic E-state index is 5.45. The van der Waals surface area contributed by atoms with Crippen molar-refractivity contribution in [2.24, 2.45) is 0 Å². The predicted molar refractivity (Wildman–Crippen MR) is 91.7 cm³/mol. The van der Waals surface area contributed by atoms with E-state index in [1.54, 1.807) is 7.11 Å². The molecule has 0 saturated carbocycles. The minimum atomic E-state index is 0.433. The summed E-state index contributed by atoms with van der Waals surface area (Å²) < 4.78 is 5.45. The van der Waals surface area contributed by atoms with Crippen LogP contribution in [0, 0.1) is 0 Å². The molecular weight excluding hydrogens is 270 g/mol. The number of hydrogen-bond acceptors (Lipinski definition) is 2. The first-order chi connectivity index (χ1) is 10.7. The van der Waals surface area contributed by atoms with Crippen molar-refractivity contribution in [3.8, 4) is 5.75 Å². The summed E-state index contributed by atoms with van der Waals surface area (Å²) in [5.41, 5.74) is 4.29. The Morgan fingerprint density at radius 1 is 1.14 bits per heavy atom. The number of nitrogens with zero attached hydrogens (tertiary/aromatic N) is 1. The first kappa shape index (κ1) is 15.1. The lowest BCUT2D eigenvalue weighted by Crippen LogP contribution is -2.36. The molecule has 1 aliphatic rings. The molecule has 0 aromatic heterocycles. The molecule has 0 bridgehead atoms. The molecule has 1 aliphatic carbocycles. The highest BCUT2D eigenvalue weighted by atomic mass is 16.5. The summed E-state index contributed by atoms with van der Waals surface area (Å²) in [7, 11) is 4.00. The molecule has 22 heavy (non-hydrogen) atoms. The summed E-state index contributed by atoms with van der Waals surface area (Å²) in [6.07, 6.45) is 2.31. The molecule has 0 amide bonds. The molecule has 116 valence electrons. The smallest absolute Gasteiger partial charge is 0.119 e. The van der Waals surface area contributed by atoms with Crippen LogP contribution in [-0.2, 0) is 6.42 Å². The SMILES string of the molecule is CCCN(C)[C@H]1Cc2ccc(OC)cc2[C@@H]1c1ccccc1. The average molecular weight is 295 g/mol. The van der Waals surface area contributed by atoms with Gasteiger partial charge in [-0.05, 0) is 55.3 Å². The van der Waals surface area contributed by atoms with Gasteiger partial charge in [-0.25, -0.2) is 0 Å². The van der Waals surface area contributed by atoms with Crippen molar-refractivity contribution in [1.29, 1.82) is 0 Å². The van der Waals surface area contributed by atoms with Gasteiger partial charge in [0, 0.05) is 12.0 Å². The normalized spacial score (nSPS) is 20.2. The lowest BCUT2D eigenvalue weighted by Gasteiger charge is -2.30. The van der Waals surface area contributed by atoms with Gasteiger partial charge in [-0.15, -0.1) is 0 Å². The standard InChI is InChI=1S/C20H25NO/c1-4-12-21(2)19-13-16-10-11-17(22-3)14-18(16)20(19)15-8-6-5-7-9-15/h5-11,14,19-20H,4,12-13H2,1-3H3/t19-,20-/m0/s1. The molecule has 0 radical (unpaired) electrons. The van der Waals surface area contributed by atoms with Crippen molar-refractivity contribution in [2.75, 3.05) is 20.7 Å². The molecule has 0 saturated heterocycles. The van der Waals surface area contributed by atoms with E-state index in [0.717, 1.165) is 18.7 Å². The zero-order valence-corrected chi connectivity index (χ0v) is 13.8. The second kappa shape index (κ2) is 6.53. The summed E-state index contributed by atoms with van der Waals surface area (Å²) in [5, 5.41) is 0. The summed E-state index contributed by atoms with van der Waals surface area (Å²) in [4.78, 5) is 2.52. The van der Waals surface area contributed by atoms with E-state index in [1.807, 2.05) is 0 Å². The van der Waals surface area contributed by atoms with Crippen LogP contribution < -0.4 is 4.74 Å². The van der Waals surface area contributed by atoms with Crippen LogP contribution in [0.3, 0.4) is 0 Å². The summed E-state index contributed by atoms with van der Waals surface area (Å²) in [6.45, 7) is 3.39. The molecule has 0 N–H and O–H groups in total. The highest BCUT2D eigenvalue weighted by molar-refractivity contribution is 5.48. The highest BCUT2D eigenvalue weighted by Crippen LogP contribution is 2.42. The van der Waals surface area contributed by atoms with Crippen LogP contribution in [0.1, 0.15) is 36.0 Å². The fraction of sp³-hybridized carbons (Fsp3) is 0.400. The Morgan fingerprint density at radius 2 is 1.91 bits per heavy atom. The highest BCUT2D eigenvalue weighted by Gasteiger charge is 2.35. The lowest BCUT2D eigenvalue weighted by molar-refractivity contribution is 0.233. The van der Waals surface area contributed by atoms with E-state index in [1.165, 1.54) is 23.1 Å². The maximum absolute atomic E-state index is 5.45. The van der Waals surface area contributed by atoms with E-state index in [9.17, 15) is 0 Å². The van der Waals surface area contributed by atoms with Gasteiger partial charge in [-0.3, -0.25) is 0 Å². The molecule has 2 aromatic carbocycles. The van der Waals surface area contributed by atoms with Crippen LogP contribution in [0.4, 0.5) is 0 Å². The largest absolute Gasteiger partial charge is 0.497 e. The van der Waals surface area contributed by atoms with Crippen LogP contribution in [0.5, 0.6) is 5.75 Å². The molecule has 0 heterocycles. The molecule has 2 atom stereocenters. The first-order valence-corrected chi connectivity index (χ1v) is 8.16. The minimum Gasteiger partial charge on any atom is -0.497 e. The van der Waals surface area contributed by atoms with Crippen molar-refractivity contribution in [3.05, 3.63) is 65.2 Å². The minimum absolute atomic E-state index is 0.433. The Hall–Kier alpha value is -1.80. The quantitative estimate of drug-likeness (QED) is 0.823. The second-order valence-electron chi connectivity index (χ2n) is 6.21. The Morgan fingerprint density at radius 3 is 2.59 bits per heavy atom. The van der Waals surface area contributed by atoms with E-state index >= 15 is 0 Å². The zero-order valence-electron chi connectivity index (χ0n) is 13.8. The monoisotopic (exact) mass is 295 g/mol. The molecule has 0 unspecified atom stereocenters. The van der Waals surface area contributed by atoms with Crippen LogP contribution in [0.25, 0.3) is 0 Å². The fourth-order valence-electron chi connectivity index (χ4n) is 3.72. The maximum Gasteiger partial charge on any atom is 0.119 e. The third kappa shape index (κ3) is 2.76. The number of rotatable bonds is 5. The molecule has 0 aliphatic heterocycles. The van der Waals surface area contributed by atoms with Crippen molar-refractivity contribution in [2.45, 2.75) is 31.7 Å². The topological polar surface area (TPSA) is 12.5 Å². The second-order valence-corrected chi connectivity index (χ2v) is 6.21. The van der Waals surface area contributed by atoms with Gasteiger partial charge in [0.05, 0.1) is 7.11 Å². The first-order valence-electron chi connectivity index (χ1n) is 8.16. The van der Waals surface area contributed by atoms with Gasteiger partial charge in [0.1, 0.15) is 5.75 Å². The summed E-state index contributed by atoms with van der Waals surface area (Å²) >= 11 is 0. The van der Waals surface area contributed by atoms with E-state index in [0.29, 0.717) is 12.0 Å². The summed E-state index contributed by atoms with van der Waals surface area (Å²) in [5.74, 6) is 1.39. The number of fused-ring (bicyclic) bond motifs is 1. The number of benzene rings is 2. The van der Waals surface area contributed by atoms with Crippen molar-refractivity contribution < 1.29 is 4.74 Å². The molecule has 2 heteroatoms. The van der Waals surface area contributed by atoms with Gasteiger partial charge >= 0.3 is 0 Å². The third-order valence-electron chi connectivity index (χ3n) is 4.80. The Balaban J connectivity index is 2.03. The number of hydrogen-bond donors (Lipinski definition) is 0. The van der Waals surface area contributed by atoms with Gasteiger partial charge in [0.15, 0.2) is 0 Å².